The standard InChI is InChI=1S/C48H74O21/c1-19(50)64-31-13-21(12-20-6-7-22-24-8-9-25(46(24,3)11-10-26(22)47(20,31)4)23-14-45(2)15-27(23)69-44(60)48(45,5)61)65-42-39(58)36(55)34(53)30(68-42)18-63-43-40(37(56)32(51)28(16-49)67-43)62-17-29-33(52)35(54)38(57)41(59)66-29/h6,21-43,49,51-59,61H,7-18H2,1-5H3/t21-,22+,23+,24+,25-,26+,27+,28-,29-,30-,31+,32-,33-,34-,35+,36+,37+,38-,39-,40-,41-,42-,43-,45+,46+,47+,48+/m1/s1. The molecule has 5 aliphatic carbocycles. The number of rotatable bonds is 11. The molecular weight excluding hydrogens is 913 g/mol. The van der Waals surface area contributed by atoms with E-state index in [1.165, 1.54) is 6.92 Å². The van der Waals surface area contributed by atoms with Crippen molar-refractivity contribution >= 4 is 11.9 Å². The average molecular weight is 987 g/mol. The lowest BCUT2D eigenvalue weighted by atomic mass is 9.46. The van der Waals surface area contributed by atoms with Crippen molar-refractivity contribution in [2.75, 3.05) is 19.8 Å². The largest absolute Gasteiger partial charge is 0.462 e. The third-order valence-corrected chi connectivity index (χ3v) is 19.1. The number of ether oxygens (including phenoxy) is 8. The van der Waals surface area contributed by atoms with E-state index < -0.39 is 153 Å². The lowest BCUT2D eigenvalue weighted by molar-refractivity contribution is -0.345. The molecule has 0 unspecified atom stereocenters. The number of aliphatic hydroxyl groups excluding tert-OH is 10. The lowest BCUT2D eigenvalue weighted by Crippen LogP contribution is -2.63. The molecule has 0 aromatic rings. The molecule has 11 N–H and O–H groups in total. The van der Waals surface area contributed by atoms with Crippen molar-refractivity contribution in [2.24, 2.45) is 45.8 Å². The Morgan fingerprint density at radius 2 is 1.35 bits per heavy atom. The monoisotopic (exact) mass is 986 g/mol. The molecule has 392 valence electrons. The molecule has 4 saturated carbocycles. The molecule has 9 aliphatic rings. The summed E-state index contributed by atoms with van der Waals surface area (Å²) in [5, 5.41) is 117. The normalized spacial score (nSPS) is 55.0. The zero-order valence-electron chi connectivity index (χ0n) is 39.8. The minimum atomic E-state index is -1.88. The molecule has 21 heteroatoms. The molecule has 21 nitrogen and oxygen atoms in total. The number of hydrogen-bond donors (Lipinski definition) is 11. The van der Waals surface area contributed by atoms with Gasteiger partial charge in [-0.15, -0.1) is 0 Å². The van der Waals surface area contributed by atoms with E-state index in [0.717, 1.165) is 44.1 Å². The Morgan fingerprint density at radius 3 is 2.03 bits per heavy atom. The van der Waals surface area contributed by atoms with Gasteiger partial charge in [-0.25, -0.2) is 4.79 Å². The highest BCUT2D eigenvalue weighted by Crippen LogP contribution is 2.70. The van der Waals surface area contributed by atoms with Gasteiger partial charge in [0.05, 0.1) is 25.9 Å². The fraction of sp³-hybridized carbons (Fsp3) is 0.917. The second-order valence-corrected chi connectivity index (χ2v) is 22.7. The minimum absolute atomic E-state index is 0.0105. The molecule has 4 heterocycles. The van der Waals surface area contributed by atoms with E-state index >= 15 is 0 Å². The molecule has 8 fully saturated rings. The van der Waals surface area contributed by atoms with Gasteiger partial charge in [-0.2, -0.15) is 0 Å². The van der Waals surface area contributed by atoms with Crippen LogP contribution in [0.25, 0.3) is 0 Å². The van der Waals surface area contributed by atoms with Crippen LogP contribution in [0.3, 0.4) is 0 Å². The summed E-state index contributed by atoms with van der Waals surface area (Å²) in [6.45, 7) is 7.61. The first kappa shape index (κ1) is 51.9. The predicted molar refractivity (Wildman–Crippen MR) is 231 cm³/mol. The summed E-state index contributed by atoms with van der Waals surface area (Å²) < 4.78 is 47.1. The lowest BCUT2D eigenvalue weighted by Gasteiger charge is -2.60. The van der Waals surface area contributed by atoms with Crippen molar-refractivity contribution in [3.05, 3.63) is 11.6 Å². The number of esters is 2. The number of hydrogen-bond acceptors (Lipinski definition) is 21. The van der Waals surface area contributed by atoms with Crippen LogP contribution in [0.2, 0.25) is 0 Å². The third kappa shape index (κ3) is 8.63. The number of carbonyl (C=O) groups is 2. The van der Waals surface area contributed by atoms with Gasteiger partial charge in [-0.1, -0.05) is 32.4 Å². The van der Waals surface area contributed by atoms with E-state index in [9.17, 15) is 65.8 Å². The molecule has 0 aromatic heterocycles. The van der Waals surface area contributed by atoms with Crippen LogP contribution in [-0.4, -0.2) is 204 Å². The summed E-state index contributed by atoms with van der Waals surface area (Å²) in [5.74, 6) is 0.373. The molecular formula is C48H74O21. The van der Waals surface area contributed by atoms with Gasteiger partial charge < -0.3 is 94.1 Å². The summed E-state index contributed by atoms with van der Waals surface area (Å²) in [4.78, 5) is 25.8. The van der Waals surface area contributed by atoms with Crippen molar-refractivity contribution < 1.29 is 104 Å². The second kappa shape index (κ2) is 19.0. The Morgan fingerprint density at radius 1 is 0.725 bits per heavy atom. The minimum Gasteiger partial charge on any atom is -0.462 e. The number of aliphatic hydroxyl groups is 11. The average Bonchev–Trinajstić information content (AvgIpc) is 3.81. The van der Waals surface area contributed by atoms with Gasteiger partial charge in [0.1, 0.15) is 85.5 Å². The van der Waals surface area contributed by atoms with Crippen molar-refractivity contribution in [1.29, 1.82) is 0 Å². The highest BCUT2D eigenvalue weighted by molar-refractivity contribution is 5.81. The van der Waals surface area contributed by atoms with Gasteiger partial charge >= 0.3 is 11.9 Å². The Labute approximate surface area is 400 Å². The van der Waals surface area contributed by atoms with E-state index in [1.54, 1.807) is 6.92 Å². The number of allylic oxidation sites excluding steroid dienone is 1. The Bertz CT molecular complexity index is 1920. The maximum absolute atomic E-state index is 13.0. The highest BCUT2D eigenvalue weighted by atomic mass is 16.7. The fourth-order valence-corrected chi connectivity index (χ4v) is 14.8. The van der Waals surface area contributed by atoms with Crippen LogP contribution in [0.4, 0.5) is 0 Å². The summed E-state index contributed by atoms with van der Waals surface area (Å²) in [6.07, 6.45) is -17.3. The van der Waals surface area contributed by atoms with Gasteiger partial charge in [0.25, 0.3) is 0 Å². The highest BCUT2D eigenvalue weighted by Gasteiger charge is 2.68. The van der Waals surface area contributed by atoms with Gasteiger partial charge in [-0.3, -0.25) is 4.79 Å². The van der Waals surface area contributed by atoms with Gasteiger partial charge in [0.2, 0.25) is 0 Å². The summed E-state index contributed by atoms with van der Waals surface area (Å²) in [6, 6.07) is 0. The van der Waals surface area contributed by atoms with E-state index in [-0.39, 0.29) is 29.8 Å². The maximum Gasteiger partial charge on any atom is 0.338 e. The first-order valence-electron chi connectivity index (χ1n) is 24.8. The van der Waals surface area contributed by atoms with E-state index in [2.05, 4.69) is 19.9 Å². The summed E-state index contributed by atoms with van der Waals surface area (Å²) in [7, 11) is 0. The van der Waals surface area contributed by atoms with Gasteiger partial charge in [-0.05, 0) is 93.3 Å². The van der Waals surface area contributed by atoms with Crippen LogP contribution in [0.1, 0.15) is 92.4 Å². The van der Waals surface area contributed by atoms with Crippen LogP contribution in [0.15, 0.2) is 11.6 Å². The first-order chi connectivity index (χ1) is 32.4. The van der Waals surface area contributed by atoms with Gasteiger partial charge in [0, 0.05) is 24.2 Å². The molecule has 2 bridgehead atoms. The zero-order valence-corrected chi connectivity index (χ0v) is 39.8. The van der Waals surface area contributed by atoms with Crippen LogP contribution < -0.4 is 0 Å². The zero-order chi connectivity index (χ0) is 49.9. The Hall–Kier alpha value is -2.00. The Balaban J connectivity index is 0.877. The molecule has 9 rings (SSSR count). The van der Waals surface area contributed by atoms with Crippen molar-refractivity contribution in [3.63, 3.8) is 0 Å². The smallest absolute Gasteiger partial charge is 0.338 e. The first-order valence-corrected chi connectivity index (χ1v) is 24.8. The van der Waals surface area contributed by atoms with Crippen LogP contribution >= 0.6 is 0 Å². The molecule has 69 heavy (non-hydrogen) atoms. The second-order valence-electron chi connectivity index (χ2n) is 22.7. The van der Waals surface area contributed by atoms with Crippen molar-refractivity contribution in [3.8, 4) is 0 Å². The molecule has 0 spiro atoms. The van der Waals surface area contributed by atoms with Crippen LogP contribution in [0, 0.1) is 45.8 Å². The number of carbonyl (C=O) groups excluding carboxylic acids is 2. The molecule has 4 aliphatic heterocycles. The van der Waals surface area contributed by atoms with Crippen molar-refractivity contribution in [1.82, 2.24) is 0 Å². The third-order valence-electron chi connectivity index (χ3n) is 19.1. The fourth-order valence-electron chi connectivity index (χ4n) is 14.8. The topological polar surface area (TPSA) is 331 Å². The maximum atomic E-state index is 13.0. The van der Waals surface area contributed by atoms with Crippen LogP contribution in [-0.2, 0) is 47.5 Å². The van der Waals surface area contributed by atoms with E-state index in [4.69, 9.17) is 37.9 Å². The molecule has 27 atom stereocenters. The quantitative estimate of drug-likeness (QED) is 0.0790. The molecule has 0 radical (unpaired) electrons. The molecule has 0 aromatic carbocycles. The summed E-state index contributed by atoms with van der Waals surface area (Å²) >= 11 is 0. The van der Waals surface area contributed by atoms with Gasteiger partial charge in [0.15, 0.2) is 24.5 Å². The number of fused-ring (bicyclic) bond motifs is 7. The SMILES string of the molecule is CC(=O)O[C@H]1C[C@H](O[C@@H]2O[C@H](CO[C@@H]3O[C@H](CO)[C@@H](O)[C@H](O)[C@H]3OC[C@H]3O[C@@H](O)[C@H](O)[C@@H](O)[C@@H]3O)[C@@H](O)[C@H](O)[C@H]2O)CC2=CC[C@H]3[C@@H]4CC[C@H]([C@@H]5C[C@@]6(C)C[C@@H]5OC(=O)[C@]6(C)O)[C@@]4(C)CC[C@@H]3[C@]21C. The molecule has 4 saturated heterocycles. The Kier molecular flexibility index (Phi) is 14.3. The van der Waals surface area contributed by atoms with E-state index in [1.807, 2.05) is 6.92 Å². The van der Waals surface area contributed by atoms with E-state index in [0.29, 0.717) is 30.6 Å². The molecule has 0 amide bonds. The predicted octanol–water partition coefficient (Wildman–Crippen LogP) is -1.97. The van der Waals surface area contributed by atoms with Crippen LogP contribution in [0.5, 0.6) is 0 Å². The summed E-state index contributed by atoms with van der Waals surface area (Å²) in [5.41, 5.74) is -1.56. The van der Waals surface area contributed by atoms with Crippen molar-refractivity contribution in [2.45, 2.75) is 208 Å².